The number of amides is 2. The number of nitrogens with zero attached hydrogens (tertiary/aromatic N) is 1. The Bertz CT molecular complexity index is 590. The summed E-state index contributed by atoms with van der Waals surface area (Å²) >= 11 is 0. The van der Waals surface area contributed by atoms with E-state index in [1.807, 2.05) is 0 Å². The van der Waals surface area contributed by atoms with Gasteiger partial charge in [-0.1, -0.05) is 6.08 Å². The molecule has 0 atom stereocenters. The van der Waals surface area contributed by atoms with Gasteiger partial charge in [0.1, 0.15) is 23.0 Å². The van der Waals surface area contributed by atoms with Crippen molar-refractivity contribution in [1.82, 2.24) is 0 Å². The lowest BCUT2D eigenvalue weighted by molar-refractivity contribution is -0.114. The zero-order valence-corrected chi connectivity index (χ0v) is 9.21. The van der Waals surface area contributed by atoms with Crippen LogP contribution in [0.2, 0.25) is 0 Å². The minimum Gasteiger partial charge on any atom is -0.441 e. The fourth-order valence-corrected chi connectivity index (χ4v) is 1.11. The number of anilines is 1. The third-order valence-electron chi connectivity index (χ3n) is 1.95. The first-order chi connectivity index (χ1) is 8.45. The van der Waals surface area contributed by atoms with Crippen molar-refractivity contribution in [3.8, 4) is 6.07 Å². The number of rotatable bonds is 4. The second-order valence-corrected chi connectivity index (χ2v) is 3.21. The zero-order chi connectivity index (χ0) is 13.7. The number of carbonyl (C=O) groups is 2. The summed E-state index contributed by atoms with van der Waals surface area (Å²) in [4.78, 5) is 21.6. The average Bonchev–Trinajstić information content (AvgIpc) is 2.65. The number of hydrogen-bond acceptors (Lipinski definition) is 5. The molecule has 7 nitrogen and oxygen atoms in total. The molecule has 92 valence electrons. The Balaban J connectivity index is 2.93. The van der Waals surface area contributed by atoms with Gasteiger partial charge >= 0.3 is 0 Å². The van der Waals surface area contributed by atoms with Crippen molar-refractivity contribution in [3.05, 3.63) is 35.1 Å². The van der Waals surface area contributed by atoms with E-state index < -0.39 is 11.8 Å². The lowest BCUT2D eigenvalue weighted by Gasteiger charge is -1.87. The van der Waals surface area contributed by atoms with Crippen LogP contribution in [0.15, 0.2) is 28.2 Å². The molecule has 6 N–H and O–H groups in total. The highest BCUT2D eigenvalue weighted by molar-refractivity contribution is 5.97. The molecule has 2 amide bonds. The summed E-state index contributed by atoms with van der Waals surface area (Å²) < 4.78 is 5.01. The number of nitriles is 1. The fraction of sp³-hybridized carbons (Fsp3) is 0. The van der Waals surface area contributed by atoms with Crippen LogP contribution < -0.4 is 17.2 Å². The molecule has 0 saturated carbocycles. The van der Waals surface area contributed by atoms with Crippen LogP contribution in [0, 0.1) is 11.3 Å². The molecule has 1 heterocycles. The fourth-order valence-electron chi connectivity index (χ4n) is 1.11. The van der Waals surface area contributed by atoms with Crippen LogP contribution in [0.25, 0.3) is 6.08 Å². The summed E-state index contributed by atoms with van der Waals surface area (Å²) in [7, 11) is 0. The van der Waals surface area contributed by atoms with Crippen LogP contribution in [0.4, 0.5) is 5.88 Å². The Labute approximate surface area is 102 Å². The molecule has 0 spiro atoms. The van der Waals surface area contributed by atoms with E-state index in [4.69, 9.17) is 26.9 Å². The molecule has 1 rings (SSSR count). The minimum absolute atomic E-state index is 0.0639. The number of allylic oxidation sites excluding steroid dienone is 2. The topological polar surface area (TPSA) is 149 Å². The van der Waals surface area contributed by atoms with E-state index >= 15 is 0 Å². The molecule has 0 radical (unpaired) electrons. The van der Waals surface area contributed by atoms with Gasteiger partial charge in [0.2, 0.25) is 5.88 Å². The third-order valence-corrected chi connectivity index (χ3v) is 1.95. The van der Waals surface area contributed by atoms with E-state index in [9.17, 15) is 9.59 Å². The minimum atomic E-state index is -0.834. The largest absolute Gasteiger partial charge is 0.441 e. The second kappa shape index (κ2) is 5.36. The lowest BCUT2D eigenvalue weighted by atomic mass is 10.2. The average molecular weight is 246 g/mol. The van der Waals surface area contributed by atoms with Gasteiger partial charge in [0.25, 0.3) is 11.8 Å². The maximum absolute atomic E-state index is 10.9. The SMILES string of the molecule is N#C/C(=C/C=C\c1cc(C(N)=O)c(N)o1)C(N)=O. The van der Waals surface area contributed by atoms with E-state index in [1.165, 1.54) is 24.3 Å². The van der Waals surface area contributed by atoms with Crippen LogP contribution in [0.5, 0.6) is 0 Å². The number of furan rings is 1. The smallest absolute Gasteiger partial charge is 0.259 e. The third kappa shape index (κ3) is 2.99. The van der Waals surface area contributed by atoms with Gasteiger partial charge < -0.3 is 21.6 Å². The predicted molar refractivity (Wildman–Crippen MR) is 63.6 cm³/mol. The van der Waals surface area contributed by atoms with E-state index in [-0.39, 0.29) is 22.8 Å². The molecule has 0 fully saturated rings. The quantitative estimate of drug-likeness (QED) is 0.385. The van der Waals surface area contributed by atoms with Gasteiger partial charge in [0, 0.05) is 0 Å². The van der Waals surface area contributed by atoms with Gasteiger partial charge in [0.05, 0.1) is 0 Å². The lowest BCUT2D eigenvalue weighted by Crippen LogP contribution is -2.12. The number of primary amides is 2. The van der Waals surface area contributed by atoms with Crippen LogP contribution in [-0.2, 0) is 4.79 Å². The Morgan fingerprint density at radius 1 is 1.39 bits per heavy atom. The van der Waals surface area contributed by atoms with Crippen molar-refractivity contribution in [2.24, 2.45) is 11.5 Å². The van der Waals surface area contributed by atoms with Crippen molar-refractivity contribution in [1.29, 1.82) is 5.26 Å². The molecule has 0 aliphatic rings. The van der Waals surface area contributed by atoms with Crippen molar-refractivity contribution < 1.29 is 14.0 Å². The van der Waals surface area contributed by atoms with Crippen molar-refractivity contribution >= 4 is 23.8 Å². The van der Waals surface area contributed by atoms with E-state index in [0.717, 1.165) is 0 Å². The first-order valence-corrected chi connectivity index (χ1v) is 4.73. The predicted octanol–water partition coefficient (Wildman–Crippen LogP) is -0.0908. The van der Waals surface area contributed by atoms with Gasteiger partial charge in [-0.25, -0.2) is 0 Å². The molecular formula is C11H10N4O3. The molecule has 0 bridgehead atoms. The summed E-state index contributed by atoms with van der Waals surface area (Å²) in [5.41, 5.74) is 15.2. The van der Waals surface area contributed by atoms with Gasteiger partial charge in [-0.2, -0.15) is 5.26 Å². The van der Waals surface area contributed by atoms with Crippen LogP contribution in [-0.4, -0.2) is 11.8 Å². The molecule has 1 aromatic rings. The first kappa shape index (κ1) is 13.1. The van der Waals surface area contributed by atoms with Gasteiger partial charge in [-0.3, -0.25) is 9.59 Å². The first-order valence-electron chi connectivity index (χ1n) is 4.73. The van der Waals surface area contributed by atoms with Gasteiger partial charge in [0.15, 0.2) is 0 Å². The Morgan fingerprint density at radius 2 is 2.06 bits per heavy atom. The van der Waals surface area contributed by atoms with Gasteiger partial charge in [-0.15, -0.1) is 0 Å². The normalized spacial score (nSPS) is 11.4. The highest BCUT2D eigenvalue weighted by Crippen LogP contribution is 2.18. The number of carbonyl (C=O) groups excluding carboxylic acids is 2. The Kier molecular flexibility index (Phi) is 3.89. The monoisotopic (exact) mass is 246 g/mol. The highest BCUT2D eigenvalue weighted by atomic mass is 16.4. The van der Waals surface area contributed by atoms with Gasteiger partial charge in [-0.05, 0) is 18.2 Å². The Morgan fingerprint density at radius 3 is 2.50 bits per heavy atom. The highest BCUT2D eigenvalue weighted by Gasteiger charge is 2.11. The van der Waals surface area contributed by atoms with Crippen LogP contribution in [0.3, 0.4) is 0 Å². The van der Waals surface area contributed by atoms with Crippen LogP contribution in [0.1, 0.15) is 16.1 Å². The molecular weight excluding hydrogens is 236 g/mol. The molecule has 0 aliphatic carbocycles. The van der Waals surface area contributed by atoms with E-state index in [2.05, 4.69) is 0 Å². The van der Waals surface area contributed by atoms with E-state index in [1.54, 1.807) is 6.07 Å². The summed E-state index contributed by atoms with van der Waals surface area (Å²) in [6.45, 7) is 0. The standard InChI is InChI=1S/C11H10N4O3/c12-5-6(9(13)16)2-1-3-7-4-8(10(14)17)11(15)18-7/h1-4H,15H2,(H2,13,16)(H2,14,17)/b3-1-,6-2-. The number of nitrogens with two attached hydrogens (primary N) is 3. The molecule has 0 saturated heterocycles. The van der Waals surface area contributed by atoms with Crippen molar-refractivity contribution in [3.63, 3.8) is 0 Å². The summed E-state index contributed by atoms with van der Waals surface area (Å²) in [6.07, 6.45) is 3.99. The molecule has 0 aromatic carbocycles. The summed E-state index contributed by atoms with van der Waals surface area (Å²) in [5, 5.41) is 8.56. The summed E-state index contributed by atoms with van der Waals surface area (Å²) in [5.74, 6) is -1.37. The molecule has 18 heavy (non-hydrogen) atoms. The molecule has 7 heteroatoms. The Hall–Kier alpha value is -3.01. The van der Waals surface area contributed by atoms with Crippen molar-refractivity contribution in [2.45, 2.75) is 0 Å². The molecule has 1 aromatic heterocycles. The maximum atomic E-state index is 10.9. The number of nitrogen functional groups attached to an aromatic ring is 1. The molecule has 0 unspecified atom stereocenters. The van der Waals surface area contributed by atoms with Crippen LogP contribution >= 0.6 is 0 Å². The van der Waals surface area contributed by atoms with Crippen molar-refractivity contribution in [2.75, 3.05) is 5.73 Å². The second-order valence-electron chi connectivity index (χ2n) is 3.21. The number of hydrogen-bond donors (Lipinski definition) is 3. The van der Waals surface area contributed by atoms with E-state index in [0.29, 0.717) is 0 Å². The zero-order valence-electron chi connectivity index (χ0n) is 9.21. The summed E-state index contributed by atoms with van der Waals surface area (Å²) in [6, 6.07) is 2.97. The maximum Gasteiger partial charge on any atom is 0.259 e. The molecule has 0 aliphatic heterocycles.